The summed E-state index contributed by atoms with van der Waals surface area (Å²) in [5.41, 5.74) is 5.71. The van der Waals surface area contributed by atoms with Crippen LogP contribution in [0.4, 0.5) is 0 Å². The fourth-order valence-electron chi connectivity index (χ4n) is 2.49. The van der Waals surface area contributed by atoms with E-state index >= 15 is 0 Å². The zero-order valence-electron chi connectivity index (χ0n) is 15.6. The number of ether oxygens (including phenoxy) is 1. The second-order valence-electron chi connectivity index (χ2n) is 5.05. The number of methoxy groups -OCH3 is 1. The Kier molecular flexibility index (Phi) is 10.6. The van der Waals surface area contributed by atoms with E-state index < -0.39 is 6.04 Å². The van der Waals surface area contributed by atoms with Gasteiger partial charge in [-0.15, -0.1) is 11.6 Å². The second-order valence-corrected chi connectivity index (χ2v) is 5.05. The molecule has 0 saturated carbocycles. The molecule has 0 amide bonds. The lowest BCUT2D eigenvalue weighted by molar-refractivity contribution is -0.143. The van der Waals surface area contributed by atoms with E-state index in [0.29, 0.717) is 18.8 Å². The van der Waals surface area contributed by atoms with E-state index in [1.54, 1.807) is 6.20 Å². The first-order valence-electron chi connectivity index (χ1n) is 8.43. The number of hydrogen-bond acceptors (Lipinski definition) is 6. The number of rotatable bonds is 5. The largest absolute Gasteiger partial charge is 0.468 e. The summed E-state index contributed by atoms with van der Waals surface area (Å²) in [4.78, 5) is 17.3. The van der Waals surface area contributed by atoms with Gasteiger partial charge in [0.25, 0.3) is 0 Å². The Morgan fingerprint density at radius 1 is 1.31 bits per heavy atom. The van der Waals surface area contributed by atoms with Crippen LogP contribution in [0.1, 0.15) is 42.8 Å². The van der Waals surface area contributed by atoms with Gasteiger partial charge in [0.2, 0.25) is 0 Å². The lowest BCUT2D eigenvalue weighted by Gasteiger charge is -2.28. The molecule has 3 rings (SSSR count). The SMILES string of the molecule is CC.CCl.COC(=O)C1NCC(NOCc2ccccc2)c2cn[nH]c21. The highest BCUT2D eigenvalue weighted by atomic mass is 35.5. The minimum absolute atomic E-state index is 0.0848. The van der Waals surface area contributed by atoms with E-state index in [4.69, 9.17) is 9.57 Å². The highest BCUT2D eigenvalue weighted by Crippen LogP contribution is 2.27. The Labute approximate surface area is 159 Å². The lowest BCUT2D eigenvalue weighted by Crippen LogP contribution is -2.42. The Balaban J connectivity index is 0.000000791. The number of hydroxylamine groups is 1. The average molecular weight is 383 g/mol. The predicted octanol–water partition coefficient (Wildman–Crippen LogP) is 2.87. The molecule has 8 heteroatoms. The Morgan fingerprint density at radius 3 is 2.65 bits per heavy atom. The number of nitrogens with zero attached hydrogens (tertiary/aromatic N) is 1. The van der Waals surface area contributed by atoms with Gasteiger partial charge in [-0.05, 0) is 5.56 Å². The molecule has 0 radical (unpaired) electrons. The van der Waals surface area contributed by atoms with Crippen LogP contribution < -0.4 is 10.8 Å². The van der Waals surface area contributed by atoms with E-state index in [1.165, 1.54) is 13.5 Å². The van der Waals surface area contributed by atoms with E-state index in [9.17, 15) is 4.79 Å². The number of H-pyrrole nitrogens is 1. The maximum Gasteiger partial charge on any atom is 0.329 e. The first kappa shape index (κ1) is 22.1. The van der Waals surface area contributed by atoms with Crippen molar-refractivity contribution in [1.29, 1.82) is 0 Å². The van der Waals surface area contributed by atoms with Gasteiger partial charge < -0.3 is 4.74 Å². The zero-order chi connectivity index (χ0) is 19.4. The highest BCUT2D eigenvalue weighted by molar-refractivity contribution is 6.15. The van der Waals surface area contributed by atoms with Crippen LogP contribution >= 0.6 is 11.6 Å². The summed E-state index contributed by atoms with van der Waals surface area (Å²) in [6.45, 7) is 5.01. The third kappa shape index (κ3) is 5.81. The molecule has 0 spiro atoms. The van der Waals surface area contributed by atoms with Crippen LogP contribution in [-0.2, 0) is 21.0 Å². The number of nitrogens with one attached hydrogen (secondary N) is 3. The molecule has 2 heterocycles. The standard InChI is InChI=1S/C15H18N4O3.C2H6.CH3Cl/c1-21-15(20)14-13-11(7-17-18-13)12(8-16-14)19-22-9-10-5-3-2-4-6-10;2*1-2/h2-7,12,14,16,19H,8-9H2,1H3,(H,17,18);1-2H3;1H3. The number of halogens is 1. The lowest BCUT2D eigenvalue weighted by atomic mass is 9.99. The molecule has 0 aliphatic carbocycles. The number of aromatic nitrogens is 2. The number of aromatic amines is 1. The molecule has 1 aromatic carbocycles. The summed E-state index contributed by atoms with van der Waals surface area (Å²) in [7, 11) is 1.37. The number of benzene rings is 1. The molecule has 1 aliphatic rings. The van der Waals surface area contributed by atoms with Gasteiger partial charge in [-0.25, -0.2) is 4.79 Å². The van der Waals surface area contributed by atoms with Crippen molar-refractivity contribution in [3.63, 3.8) is 0 Å². The summed E-state index contributed by atoms with van der Waals surface area (Å²) in [6, 6.07) is 9.29. The maximum absolute atomic E-state index is 11.7. The number of fused-ring (bicyclic) bond motifs is 1. The summed E-state index contributed by atoms with van der Waals surface area (Å²) in [5, 5.41) is 9.99. The van der Waals surface area contributed by atoms with Crippen LogP contribution in [0.15, 0.2) is 36.5 Å². The van der Waals surface area contributed by atoms with E-state index in [0.717, 1.165) is 11.1 Å². The molecule has 2 atom stereocenters. The van der Waals surface area contributed by atoms with Crippen molar-refractivity contribution in [2.45, 2.75) is 32.5 Å². The summed E-state index contributed by atoms with van der Waals surface area (Å²) in [6.07, 6.45) is 3.18. The van der Waals surface area contributed by atoms with Gasteiger partial charge in [-0.2, -0.15) is 10.6 Å². The first-order chi connectivity index (χ1) is 12.8. The van der Waals surface area contributed by atoms with Crippen molar-refractivity contribution < 1.29 is 14.4 Å². The molecule has 1 aromatic heterocycles. The molecule has 144 valence electrons. The van der Waals surface area contributed by atoms with E-state index in [-0.39, 0.29) is 12.0 Å². The highest BCUT2D eigenvalue weighted by Gasteiger charge is 2.33. The average Bonchev–Trinajstić information content (AvgIpc) is 3.21. The van der Waals surface area contributed by atoms with Crippen LogP contribution in [0.2, 0.25) is 0 Å². The first-order valence-corrected chi connectivity index (χ1v) is 9.18. The molecule has 3 N–H and O–H groups in total. The van der Waals surface area contributed by atoms with Gasteiger partial charge in [-0.1, -0.05) is 44.2 Å². The van der Waals surface area contributed by atoms with Crippen molar-refractivity contribution in [2.75, 3.05) is 20.0 Å². The molecule has 26 heavy (non-hydrogen) atoms. The van der Waals surface area contributed by atoms with Gasteiger partial charge >= 0.3 is 5.97 Å². The predicted molar refractivity (Wildman–Crippen MR) is 102 cm³/mol. The Hall–Kier alpha value is -1.93. The van der Waals surface area contributed by atoms with Crippen molar-refractivity contribution >= 4 is 17.6 Å². The molecule has 0 bridgehead atoms. The summed E-state index contributed by atoms with van der Waals surface area (Å²) >= 11 is 4.64. The maximum atomic E-state index is 11.7. The quantitative estimate of drug-likeness (QED) is 0.418. The Morgan fingerprint density at radius 2 is 2.00 bits per heavy atom. The summed E-state index contributed by atoms with van der Waals surface area (Å²) < 4.78 is 4.79. The number of alkyl halides is 1. The summed E-state index contributed by atoms with van der Waals surface area (Å²) in [5.74, 6) is -0.339. The zero-order valence-corrected chi connectivity index (χ0v) is 16.3. The van der Waals surface area contributed by atoms with Gasteiger partial charge in [0.1, 0.15) is 6.04 Å². The third-order valence-electron chi connectivity index (χ3n) is 3.63. The topological polar surface area (TPSA) is 88.3 Å². The molecular weight excluding hydrogens is 356 g/mol. The van der Waals surface area contributed by atoms with E-state index in [2.05, 4.69) is 32.6 Å². The van der Waals surface area contributed by atoms with Crippen molar-refractivity contribution in [1.82, 2.24) is 21.0 Å². The van der Waals surface area contributed by atoms with Gasteiger partial charge in [0.15, 0.2) is 0 Å². The van der Waals surface area contributed by atoms with Crippen LogP contribution in [-0.4, -0.2) is 36.2 Å². The minimum atomic E-state index is -0.519. The number of esters is 1. The van der Waals surface area contributed by atoms with Gasteiger partial charge in [0.05, 0.1) is 31.6 Å². The Bertz CT molecular complexity index is 636. The van der Waals surface area contributed by atoms with Gasteiger partial charge in [0, 0.05) is 18.5 Å². The van der Waals surface area contributed by atoms with Crippen LogP contribution in [0.3, 0.4) is 0 Å². The van der Waals surface area contributed by atoms with Crippen LogP contribution in [0.5, 0.6) is 0 Å². The minimum Gasteiger partial charge on any atom is -0.468 e. The molecular formula is C18H27ClN4O3. The third-order valence-corrected chi connectivity index (χ3v) is 3.63. The van der Waals surface area contributed by atoms with Gasteiger partial charge in [-0.3, -0.25) is 15.3 Å². The molecule has 0 saturated heterocycles. The van der Waals surface area contributed by atoms with E-state index in [1.807, 2.05) is 44.2 Å². The molecule has 2 unspecified atom stereocenters. The number of carbonyl (C=O) groups is 1. The fraction of sp³-hybridized carbons (Fsp3) is 0.444. The smallest absolute Gasteiger partial charge is 0.329 e. The molecule has 0 fully saturated rings. The monoisotopic (exact) mass is 382 g/mol. The molecule has 2 aromatic rings. The van der Waals surface area contributed by atoms with Crippen molar-refractivity contribution in [3.05, 3.63) is 53.3 Å². The van der Waals surface area contributed by atoms with Crippen LogP contribution in [0, 0.1) is 0 Å². The van der Waals surface area contributed by atoms with Crippen LogP contribution in [0.25, 0.3) is 0 Å². The normalized spacial score (nSPS) is 17.7. The van der Waals surface area contributed by atoms with Crippen molar-refractivity contribution in [2.24, 2.45) is 0 Å². The second kappa shape index (κ2) is 12.4. The fourth-order valence-corrected chi connectivity index (χ4v) is 2.49. The number of hydrogen-bond donors (Lipinski definition) is 3. The number of carbonyl (C=O) groups excluding carboxylic acids is 1. The molecule has 1 aliphatic heterocycles. The molecule has 7 nitrogen and oxygen atoms in total. The van der Waals surface area contributed by atoms with Crippen molar-refractivity contribution in [3.8, 4) is 0 Å².